The Morgan fingerprint density at radius 1 is 1.16 bits per heavy atom. The summed E-state index contributed by atoms with van der Waals surface area (Å²) < 4.78 is 6.84. The van der Waals surface area contributed by atoms with E-state index in [9.17, 15) is 0 Å². The van der Waals surface area contributed by atoms with E-state index in [0.717, 1.165) is 21.5 Å². The molecular formula is C15H15BrClNO. The second-order valence-corrected chi connectivity index (χ2v) is 5.69. The summed E-state index contributed by atoms with van der Waals surface area (Å²) in [5, 5.41) is 0.682. The summed E-state index contributed by atoms with van der Waals surface area (Å²) in [4.78, 5) is 0. The molecule has 0 aliphatic carbocycles. The minimum atomic E-state index is 0.0291. The van der Waals surface area contributed by atoms with Crippen molar-refractivity contribution in [2.45, 2.75) is 19.4 Å². The summed E-state index contributed by atoms with van der Waals surface area (Å²) >= 11 is 9.70. The van der Waals surface area contributed by atoms with Gasteiger partial charge in [-0.2, -0.15) is 0 Å². The van der Waals surface area contributed by atoms with E-state index in [4.69, 9.17) is 22.1 Å². The third-order valence-corrected chi connectivity index (χ3v) is 3.67. The Labute approximate surface area is 126 Å². The van der Waals surface area contributed by atoms with Gasteiger partial charge < -0.3 is 10.5 Å². The van der Waals surface area contributed by atoms with Crippen LogP contribution in [0.15, 0.2) is 46.9 Å². The Hall–Kier alpha value is -1.03. The van der Waals surface area contributed by atoms with Crippen LogP contribution in [0.25, 0.3) is 0 Å². The zero-order valence-electron chi connectivity index (χ0n) is 10.6. The minimum Gasteiger partial charge on any atom is -0.456 e. The van der Waals surface area contributed by atoms with Crippen molar-refractivity contribution in [3.63, 3.8) is 0 Å². The Bertz CT molecular complexity index is 572. The molecule has 0 amide bonds. The van der Waals surface area contributed by atoms with Crippen LogP contribution in [-0.4, -0.2) is 6.04 Å². The van der Waals surface area contributed by atoms with Gasteiger partial charge in [0.1, 0.15) is 11.5 Å². The van der Waals surface area contributed by atoms with Crippen molar-refractivity contribution >= 4 is 27.5 Å². The van der Waals surface area contributed by atoms with Gasteiger partial charge in [-0.05, 0) is 53.5 Å². The molecule has 0 heterocycles. The molecule has 0 aliphatic heterocycles. The van der Waals surface area contributed by atoms with Crippen LogP contribution in [0.2, 0.25) is 5.02 Å². The highest BCUT2D eigenvalue weighted by Crippen LogP contribution is 2.34. The molecule has 1 atom stereocenters. The molecule has 4 heteroatoms. The maximum Gasteiger partial charge on any atom is 0.141 e. The molecule has 0 saturated carbocycles. The summed E-state index contributed by atoms with van der Waals surface area (Å²) in [6.45, 7) is 1.95. The van der Waals surface area contributed by atoms with Gasteiger partial charge in [0.25, 0.3) is 0 Å². The molecule has 2 aromatic rings. The quantitative estimate of drug-likeness (QED) is 0.869. The van der Waals surface area contributed by atoms with Gasteiger partial charge in [-0.15, -0.1) is 0 Å². The van der Waals surface area contributed by atoms with Crippen molar-refractivity contribution in [3.8, 4) is 11.5 Å². The minimum absolute atomic E-state index is 0.0291. The highest BCUT2D eigenvalue weighted by atomic mass is 79.9. The lowest BCUT2D eigenvalue weighted by Gasteiger charge is -2.15. The first kappa shape index (κ1) is 14.4. The van der Waals surface area contributed by atoms with E-state index in [0.29, 0.717) is 11.4 Å². The first-order chi connectivity index (χ1) is 9.08. The van der Waals surface area contributed by atoms with E-state index in [1.807, 2.05) is 49.4 Å². The van der Waals surface area contributed by atoms with Crippen LogP contribution in [0.5, 0.6) is 11.5 Å². The number of nitrogens with two attached hydrogens (primary N) is 1. The van der Waals surface area contributed by atoms with E-state index in [-0.39, 0.29) is 6.04 Å². The van der Waals surface area contributed by atoms with E-state index < -0.39 is 0 Å². The van der Waals surface area contributed by atoms with E-state index in [2.05, 4.69) is 15.9 Å². The van der Waals surface area contributed by atoms with Crippen molar-refractivity contribution in [2.75, 3.05) is 0 Å². The van der Waals surface area contributed by atoms with Gasteiger partial charge in [-0.1, -0.05) is 29.8 Å². The van der Waals surface area contributed by atoms with Gasteiger partial charge in [0, 0.05) is 16.6 Å². The molecule has 0 bridgehead atoms. The van der Waals surface area contributed by atoms with E-state index in [1.54, 1.807) is 0 Å². The highest BCUT2D eigenvalue weighted by Gasteiger charge is 2.12. The van der Waals surface area contributed by atoms with E-state index >= 15 is 0 Å². The van der Waals surface area contributed by atoms with Gasteiger partial charge in [0.15, 0.2) is 0 Å². The van der Waals surface area contributed by atoms with Crippen molar-refractivity contribution in [3.05, 3.63) is 57.5 Å². The lowest BCUT2D eigenvalue weighted by Crippen LogP contribution is -2.18. The Morgan fingerprint density at radius 2 is 1.84 bits per heavy atom. The molecule has 0 aromatic heterocycles. The number of benzene rings is 2. The molecule has 2 N–H and O–H groups in total. The number of hydrogen-bond donors (Lipinski definition) is 1. The van der Waals surface area contributed by atoms with Gasteiger partial charge in [-0.25, -0.2) is 0 Å². The summed E-state index contributed by atoms with van der Waals surface area (Å²) in [6, 6.07) is 13.4. The molecule has 0 spiro atoms. The van der Waals surface area contributed by atoms with Crippen LogP contribution in [0.4, 0.5) is 0 Å². The Kier molecular flexibility index (Phi) is 4.86. The number of ether oxygens (including phenoxy) is 1. The summed E-state index contributed by atoms with van der Waals surface area (Å²) in [5.74, 6) is 1.51. The zero-order valence-corrected chi connectivity index (χ0v) is 12.9. The predicted molar refractivity (Wildman–Crippen MR) is 83.0 cm³/mol. The Balaban J connectivity index is 2.35. The summed E-state index contributed by atoms with van der Waals surface area (Å²) in [6.07, 6.45) is 0.680. The second-order valence-electron chi connectivity index (χ2n) is 4.43. The highest BCUT2D eigenvalue weighted by molar-refractivity contribution is 9.10. The van der Waals surface area contributed by atoms with Crippen LogP contribution >= 0.6 is 27.5 Å². The van der Waals surface area contributed by atoms with Crippen molar-refractivity contribution in [1.29, 1.82) is 0 Å². The van der Waals surface area contributed by atoms with Gasteiger partial charge in [0.2, 0.25) is 0 Å². The first-order valence-electron chi connectivity index (χ1n) is 6.03. The molecule has 100 valence electrons. The number of halogens is 2. The SMILES string of the molecule is CC(N)Cc1c(Cl)cccc1Oc1ccccc1Br. The fourth-order valence-corrected chi connectivity index (χ4v) is 2.41. The molecule has 2 rings (SSSR count). The molecule has 19 heavy (non-hydrogen) atoms. The van der Waals surface area contributed by atoms with E-state index in [1.165, 1.54) is 0 Å². The molecule has 1 unspecified atom stereocenters. The summed E-state index contributed by atoms with van der Waals surface area (Å²) in [7, 11) is 0. The second kappa shape index (κ2) is 6.42. The molecule has 2 aromatic carbocycles. The van der Waals surface area contributed by atoms with Gasteiger partial charge in [0.05, 0.1) is 4.47 Å². The number of hydrogen-bond acceptors (Lipinski definition) is 2. The van der Waals surface area contributed by atoms with Crippen LogP contribution in [0.3, 0.4) is 0 Å². The van der Waals surface area contributed by atoms with Crippen molar-refractivity contribution in [1.82, 2.24) is 0 Å². The standard InChI is InChI=1S/C15H15BrClNO/c1-10(18)9-11-13(17)6-4-8-14(11)19-15-7-3-2-5-12(15)16/h2-8,10H,9,18H2,1H3. The molecule has 0 radical (unpaired) electrons. The third-order valence-electron chi connectivity index (χ3n) is 2.66. The van der Waals surface area contributed by atoms with Crippen molar-refractivity contribution < 1.29 is 4.74 Å². The molecular weight excluding hydrogens is 326 g/mol. The zero-order chi connectivity index (χ0) is 13.8. The summed E-state index contributed by atoms with van der Waals surface area (Å²) in [5.41, 5.74) is 6.80. The van der Waals surface area contributed by atoms with Crippen molar-refractivity contribution in [2.24, 2.45) is 5.73 Å². The maximum atomic E-state index is 6.23. The number of rotatable bonds is 4. The van der Waals surface area contributed by atoms with Crippen LogP contribution < -0.4 is 10.5 Å². The topological polar surface area (TPSA) is 35.2 Å². The molecule has 0 aliphatic rings. The van der Waals surface area contributed by atoms with Crippen LogP contribution in [-0.2, 0) is 6.42 Å². The fraction of sp³-hybridized carbons (Fsp3) is 0.200. The predicted octanol–water partition coefficient (Wildman–Crippen LogP) is 4.78. The first-order valence-corrected chi connectivity index (χ1v) is 7.20. The average molecular weight is 341 g/mol. The largest absolute Gasteiger partial charge is 0.456 e. The number of para-hydroxylation sites is 1. The average Bonchev–Trinajstić information content (AvgIpc) is 2.36. The maximum absolute atomic E-state index is 6.23. The molecule has 0 fully saturated rings. The van der Waals surface area contributed by atoms with Gasteiger partial charge in [-0.3, -0.25) is 0 Å². The fourth-order valence-electron chi connectivity index (χ4n) is 1.80. The molecule has 0 saturated heterocycles. The smallest absolute Gasteiger partial charge is 0.141 e. The third kappa shape index (κ3) is 3.72. The van der Waals surface area contributed by atoms with Gasteiger partial charge >= 0.3 is 0 Å². The van der Waals surface area contributed by atoms with Crippen LogP contribution in [0.1, 0.15) is 12.5 Å². The van der Waals surface area contributed by atoms with Crippen LogP contribution in [0, 0.1) is 0 Å². The molecule has 2 nitrogen and oxygen atoms in total. The normalized spacial score (nSPS) is 12.2. The lowest BCUT2D eigenvalue weighted by atomic mass is 10.1. The lowest BCUT2D eigenvalue weighted by molar-refractivity contribution is 0.471. The Morgan fingerprint density at radius 3 is 2.53 bits per heavy atom. The monoisotopic (exact) mass is 339 g/mol.